The number of nitrogens with zero attached hydrogens (tertiary/aromatic N) is 1. The highest BCUT2D eigenvalue weighted by molar-refractivity contribution is 14.1. The summed E-state index contributed by atoms with van der Waals surface area (Å²) in [5.41, 5.74) is 1.22. The minimum absolute atomic E-state index is 0.434. The summed E-state index contributed by atoms with van der Waals surface area (Å²) in [6.45, 7) is 2.51. The normalized spacial score (nSPS) is 9.31. The van der Waals surface area contributed by atoms with Crippen LogP contribution >= 0.6 is 22.6 Å². The first kappa shape index (κ1) is 10.3. The average Bonchev–Trinajstić information content (AvgIpc) is 2.09. The van der Waals surface area contributed by atoms with Gasteiger partial charge in [0.05, 0.1) is 16.1 Å². The SMILES string of the molecule is Cc1ccc(OCCC#N)c(I)c1. The first-order valence-electron chi connectivity index (χ1n) is 4.00. The van der Waals surface area contributed by atoms with Crippen molar-refractivity contribution in [2.45, 2.75) is 13.3 Å². The number of nitriles is 1. The van der Waals surface area contributed by atoms with Crippen molar-refractivity contribution in [3.63, 3.8) is 0 Å². The quantitative estimate of drug-likeness (QED) is 0.632. The molecule has 0 amide bonds. The lowest BCUT2D eigenvalue weighted by Gasteiger charge is -2.06. The van der Waals surface area contributed by atoms with Crippen molar-refractivity contribution >= 4 is 22.6 Å². The summed E-state index contributed by atoms with van der Waals surface area (Å²) < 4.78 is 6.50. The van der Waals surface area contributed by atoms with Gasteiger partial charge in [-0.2, -0.15) is 5.26 Å². The van der Waals surface area contributed by atoms with Crippen LogP contribution in [-0.4, -0.2) is 6.61 Å². The Hall–Kier alpha value is -0.760. The van der Waals surface area contributed by atoms with Gasteiger partial charge >= 0.3 is 0 Å². The zero-order chi connectivity index (χ0) is 9.68. The van der Waals surface area contributed by atoms with Crippen molar-refractivity contribution in [3.8, 4) is 11.8 Å². The highest BCUT2D eigenvalue weighted by Gasteiger charge is 1.99. The van der Waals surface area contributed by atoms with Crippen molar-refractivity contribution in [3.05, 3.63) is 27.3 Å². The van der Waals surface area contributed by atoms with Gasteiger partial charge in [-0.05, 0) is 47.2 Å². The molecule has 0 radical (unpaired) electrons. The van der Waals surface area contributed by atoms with Crippen LogP contribution in [0.5, 0.6) is 5.75 Å². The molecule has 0 fully saturated rings. The van der Waals surface area contributed by atoms with Gasteiger partial charge in [0.2, 0.25) is 0 Å². The standard InChI is InChI=1S/C10H10INO/c1-8-3-4-10(9(11)7-8)13-6-2-5-12/h3-4,7H,2,6H2,1H3. The van der Waals surface area contributed by atoms with Crippen LogP contribution in [0.1, 0.15) is 12.0 Å². The number of benzene rings is 1. The van der Waals surface area contributed by atoms with E-state index in [-0.39, 0.29) is 0 Å². The summed E-state index contributed by atoms with van der Waals surface area (Å²) in [6, 6.07) is 8.04. The molecule has 1 aromatic carbocycles. The maximum absolute atomic E-state index is 8.33. The van der Waals surface area contributed by atoms with Gasteiger partial charge in [0.1, 0.15) is 12.4 Å². The summed E-state index contributed by atoms with van der Waals surface area (Å²) >= 11 is 2.23. The Balaban J connectivity index is 2.62. The molecule has 0 bridgehead atoms. The van der Waals surface area contributed by atoms with E-state index in [4.69, 9.17) is 10.00 Å². The van der Waals surface area contributed by atoms with E-state index >= 15 is 0 Å². The Morgan fingerprint density at radius 1 is 1.54 bits per heavy atom. The third kappa shape index (κ3) is 3.23. The number of ether oxygens (including phenoxy) is 1. The second-order valence-corrected chi connectivity index (χ2v) is 3.85. The molecule has 0 heterocycles. The third-order valence-corrected chi connectivity index (χ3v) is 2.40. The second kappa shape index (κ2) is 5.07. The lowest BCUT2D eigenvalue weighted by Crippen LogP contribution is -1.97. The Morgan fingerprint density at radius 2 is 2.31 bits per heavy atom. The predicted molar refractivity (Wildman–Crippen MR) is 59.6 cm³/mol. The predicted octanol–water partition coefficient (Wildman–Crippen LogP) is 2.89. The van der Waals surface area contributed by atoms with E-state index in [0.717, 1.165) is 9.32 Å². The van der Waals surface area contributed by atoms with Crippen LogP contribution in [0, 0.1) is 21.8 Å². The van der Waals surface area contributed by atoms with E-state index in [9.17, 15) is 0 Å². The topological polar surface area (TPSA) is 33.0 Å². The molecular formula is C10H10INO. The van der Waals surface area contributed by atoms with Gasteiger partial charge in [-0.1, -0.05) is 6.07 Å². The van der Waals surface area contributed by atoms with Crippen LogP contribution in [0.3, 0.4) is 0 Å². The smallest absolute Gasteiger partial charge is 0.132 e. The van der Waals surface area contributed by atoms with Crippen LogP contribution in [-0.2, 0) is 0 Å². The molecule has 0 aliphatic carbocycles. The van der Waals surface area contributed by atoms with Crippen molar-refractivity contribution in [1.82, 2.24) is 0 Å². The van der Waals surface area contributed by atoms with Crippen molar-refractivity contribution < 1.29 is 4.74 Å². The molecule has 0 N–H and O–H groups in total. The van der Waals surface area contributed by atoms with Crippen LogP contribution in [0.15, 0.2) is 18.2 Å². The molecule has 0 aliphatic heterocycles. The minimum atomic E-state index is 0.434. The van der Waals surface area contributed by atoms with E-state index in [2.05, 4.69) is 28.7 Å². The summed E-state index contributed by atoms with van der Waals surface area (Å²) in [7, 11) is 0. The van der Waals surface area contributed by atoms with E-state index in [0.29, 0.717) is 13.0 Å². The van der Waals surface area contributed by atoms with Crippen LogP contribution in [0.2, 0.25) is 0 Å². The Kier molecular flexibility index (Phi) is 4.03. The lowest BCUT2D eigenvalue weighted by molar-refractivity contribution is 0.324. The van der Waals surface area contributed by atoms with E-state index < -0.39 is 0 Å². The maximum atomic E-state index is 8.33. The highest BCUT2D eigenvalue weighted by Crippen LogP contribution is 2.21. The molecule has 3 heteroatoms. The number of hydrogen-bond donors (Lipinski definition) is 0. The first-order valence-corrected chi connectivity index (χ1v) is 5.08. The van der Waals surface area contributed by atoms with E-state index in [1.807, 2.05) is 25.1 Å². The van der Waals surface area contributed by atoms with Crippen LogP contribution in [0.25, 0.3) is 0 Å². The van der Waals surface area contributed by atoms with Gasteiger partial charge in [-0.25, -0.2) is 0 Å². The fraction of sp³-hybridized carbons (Fsp3) is 0.300. The molecule has 0 atom stereocenters. The zero-order valence-corrected chi connectivity index (χ0v) is 9.54. The summed E-state index contributed by atoms with van der Waals surface area (Å²) in [6.07, 6.45) is 0.434. The molecule has 2 nitrogen and oxygen atoms in total. The third-order valence-electron chi connectivity index (χ3n) is 1.56. The van der Waals surface area contributed by atoms with Crippen LogP contribution in [0.4, 0.5) is 0 Å². The molecule has 1 rings (SSSR count). The molecule has 0 saturated heterocycles. The molecule has 68 valence electrons. The maximum Gasteiger partial charge on any atom is 0.132 e. The van der Waals surface area contributed by atoms with Gasteiger partial charge < -0.3 is 4.74 Å². The molecule has 0 aromatic heterocycles. The van der Waals surface area contributed by atoms with Gasteiger partial charge in [0.25, 0.3) is 0 Å². The Bertz CT molecular complexity index is 330. The van der Waals surface area contributed by atoms with E-state index in [1.54, 1.807) is 0 Å². The molecule has 0 spiro atoms. The number of rotatable bonds is 3. The first-order chi connectivity index (χ1) is 6.24. The Morgan fingerprint density at radius 3 is 2.92 bits per heavy atom. The Labute approximate surface area is 91.7 Å². The largest absolute Gasteiger partial charge is 0.491 e. The zero-order valence-electron chi connectivity index (χ0n) is 7.38. The second-order valence-electron chi connectivity index (χ2n) is 2.69. The summed E-state index contributed by atoms with van der Waals surface area (Å²) in [4.78, 5) is 0. The van der Waals surface area contributed by atoms with Crippen molar-refractivity contribution in [2.24, 2.45) is 0 Å². The van der Waals surface area contributed by atoms with Gasteiger partial charge in [-0.15, -0.1) is 0 Å². The fourth-order valence-electron chi connectivity index (χ4n) is 0.930. The molecule has 13 heavy (non-hydrogen) atoms. The summed E-state index contributed by atoms with van der Waals surface area (Å²) in [5.74, 6) is 0.862. The minimum Gasteiger partial charge on any atom is -0.491 e. The average molecular weight is 287 g/mol. The van der Waals surface area contributed by atoms with Crippen molar-refractivity contribution in [2.75, 3.05) is 6.61 Å². The molecule has 0 unspecified atom stereocenters. The molecule has 0 aliphatic rings. The lowest BCUT2D eigenvalue weighted by atomic mass is 10.2. The van der Waals surface area contributed by atoms with Gasteiger partial charge in [0, 0.05) is 0 Å². The fourth-order valence-corrected chi connectivity index (χ4v) is 1.76. The number of halogens is 1. The monoisotopic (exact) mass is 287 g/mol. The highest BCUT2D eigenvalue weighted by atomic mass is 127. The van der Waals surface area contributed by atoms with Crippen LogP contribution < -0.4 is 4.74 Å². The van der Waals surface area contributed by atoms with Gasteiger partial charge in [-0.3, -0.25) is 0 Å². The molecular weight excluding hydrogens is 277 g/mol. The molecule has 1 aromatic rings. The summed E-state index contributed by atoms with van der Waals surface area (Å²) in [5, 5.41) is 8.33. The van der Waals surface area contributed by atoms with E-state index in [1.165, 1.54) is 5.56 Å². The van der Waals surface area contributed by atoms with Gasteiger partial charge in [0.15, 0.2) is 0 Å². The molecule has 0 saturated carbocycles. The number of aryl methyl sites for hydroxylation is 1. The van der Waals surface area contributed by atoms with Crippen molar-refractivity contribution in [1.29, 1.82) is 5.26 Å². The number of hydrogen-bond acceptors (Lipinski definition) is 2.